The fourth-order valence-electron chi connectivity index (χ4n) is 5.23. The lowest BCUT2D eigenvalue weighted by Gasteiger charge is -2.47. The third kappa shape index (κ3) is 2.51. The van der Waals surface area contributed by atoms with Gasteiger partial charge in [-0.25, -0.2) is 0 Å². The van der Waals surface area contributed by atoms with Crippen molar-refractivity contribution in [2.75, 3.05) is 6.54 Å². The molecule has 2 aromatic carbocycles. The molecular formula is C23H26N2. The Morgan fingerprint density at radius 2 is 1.84 bits per heavy atom. The van der Waals surface area contributed by atoms with Crippen LogP contribution in [-0.2, 0) is 13.0 Å². The number of hydrogen-bond donors (Lipinski definition) is 1. The molecule has 0 radical (unpaired) electrons. The van der Waals surface area contributed by atoms with Gasteiger partial charge in [-0.3, -0.25) is 4.90 Å². The summed E-state index contributed by atoms with van der Waals surface area (Å²) in [6.07, 6.45) is 3.84. The van der Waals surface area contributed by atoms with Gasteiger partial charge >= 0.3 is 0 Å². The summed E-state index contributed by atoms with van der Waals surface area (Å²) in [6, 6.07) is 20.4. The van der Waals surface area contributed by atoms with E-state index in [0.29, 0.717) is 6.04 Å². The maximum Gasteiger partial charge on any atom is 0.0459 e. The second kappa shape index (κ2) is 6.03. The molecule has 5 rings (SSSR count). The Kier molecular flexibility index (Phi) is 3.67. The average molecular weight is 330 g/mol. The van der Waals surface area contributed by atoms with Crippen molar-refractivity contribution in [3.63, 3.8) is 0 Å². The van der Waals surface area contributed by atoms with Gasteiger partial charge in [-0.2, -0.15) is 0 Å². The molecule has 0 spiro atoms. The molecule has 0 unspecified atom stereocenters. The van der Waals surface area contributed by atoms with Crippen molar-refractivity contribution in [1.82, 2.24) is 9.88 Å². The van der Waals surface area contributed by atoms with Gasteiger partial charge in [-0.15, -0.1) is 0 Å². The molecule has 1 saturated heterocycles. The summed E-state index contributed by atoms with van der Waals surface area (Å²) in [5.41, 5.74) is 5.83. The van der Waals surface area contributed by atoms with E-state index >= 15 is 0 Å². The van der Waals surface area contributed by atoms with Gasteiger partial charge < -0.3 is 4.98 Å². The lowest BCUT2D eigenvalue weighted by molar-refractivity contribution is 0.0425. The fourth-order valence-corrected chi connectivity index (χ4v) is 5.23. The van der Waals surface area contributed by atoms with Gasteiger partial charge in [0, 0.05) is 35.7 Å². The molecule has 2 bridgehead atoms. The van der Waals surface area contributed by atoms with Crippen molar-refractivity contribution in [2.45, 2.75) is 38.8 Å². The summed E-state index contributed by atoms with van der Waals surface area (Å²) in [7, 11) is 0. The van der Waals surface area contributed by atoms with Crippen LogP contribution in [0.1, 0.15) is 42.6 Å². The van der Waals surface area contributed by atoms with Crippen LogP contribution in [0, 0.1) is 11.8 Å². The second-order valence-electron chi connectivity index (χ2n) is 7.86. The van der Waals surface area contributed by atoms with Gasteiger partial charge in [0.05, 0.1) is 0 Å². The molecule has 2 heteroatoms. The van der Waals surface area contributed by atoms with Crippen LogP contribution in [0.15, 0.2) is 54.6 Å². The van der Waals surface area contributed by atoms with Gasteiger partial charge in [0.2, 0.25) is 0 Å². The van der Waals surface area contributed by atoms with Gasteiger partial charge in [0.25, 0.3) is 0 Å². The zero-order chi connectivity index (χ0) is 16.8. The first-order valence-corrected chi connectivity index (χ1v) is 9.71. The van der Waals surface area contributed by atoms with Crippen LogP contribution in [0.25, 0.3) is 10.9 Å². The number of H-pyrrole nitrogens is 1. The normalized spacial score (nSPS) is 25.9. The van der Waals surface area contributed by atoms with Gasteiger partial charge in [0.15, 0.2) is 0 Å². The smallest absolute Gasteiger partial charge is 0.0459 e. The number of benzene rings is 2. The predicted molar refractivity (Wildman–Crippen MR) is 103 cm³/mol. The maximum atomic E-state index is 3.75. The molecule has 1 aliphatic carbocycles. The highest BCUT2D eigenvalue weighted by molar-refractivity contribution is 5.85. The van der Waals surface area contributed by atoms with Crippen LogP contribution in [0.3, 0.4) is 0 Å². The summed E-state index contributed by atoms with van der Waals surface area (Å²) in [5.74, 6) is 1.65. The van der Waals surface area contributed by atoms with E-state index in [1.807, 2.05) is 0 Å². The molecule has 0 saturated carbocycles. The van der Waals surface area contributed by atoms with Gasteiger partial charge in [-0.05, 0) is 41.9 Å². The van der Waals surface area contributed by atoms with Crippen LogP contribution in [-0.4, -0.2) is 16.4 Å². The van der Waals surface area contributed by atoms with Crippen LogP contribution in [0.4, 0.5) is 0 Å². The number of aromatic nitrogens is 1. The largest absolute Gasteiger partial charge is 0.358 e. The molecule has 1 aliphatic heterocycles. The Balaban J connectivity index is 1.58. The summed E-state index contributed by atoms with van der Waals surface area (Å²) in [6.45, 7) is 4.67. The third-order valence-corrected chi connectivity index (χ3v) is 6.48. The van der Waals surface area contributed by atoms with E-state index in [2.05, 4.69) is 71.4 Å². The number of rotatable bonds is 3. The molecule has 3 atom stereocenters. The Labute approximate surface area is 149 Å². The summed E-state index contributed by atoms with van der Waals surface area (Å²) < 4.78 is 0. The first kappa shape index (κ1) is 15.2. The Hall–Kier alpha value is -2.06. The minimum atomic E-state index is 0.563. The zero-order valence-corrected chi connectivity index (χ0v) is 14.9. The number of piperidine rings is 1. The summed E-state index contributed by atoms with van der Waals surface area (Å²) in [5, 5.41) is 1.44. The van der Waals surface area contributed by atoms with Crippen LogP contribution in [0.5, 0.6) is 0 Å². The first-order valence-electron chi connectivity index (χ1n) is 9.71. The second-order valence-corrected chi connectivity index (χ2v) is 7.86. The van der Waals surface area contributed by atoms with Crippen molar-refractivity contribution in [1.29, 1.82) is 0 Å². The molecule has 2 heterocycles. The number of nitrogens with zero attached hydrogens (tertiary/aromatic N) is 1. The highest BCUT2D eigenvalue weighted by atomic mass is 15.2. The standard InChI is InChI=1S/C23H26N2/c1-2-17-15-25(14-16-8-4-3-5-9-16)22-13-18(17)12-21-23(22)19-10-6-7-11-20(19)24-21/h3-11,17-18,22,24H,2,12-15H2,1H3/t17-,18-,22-/m1/s1. The molecule has 25 heavy (non-hydrogen) atoms. The van der Waals surface area contributed by atoms with E-state index in [0.717, 1.165) is 18.4 Å². The number of aromatic amines is 1. The molecule has 3 aromatic rings. The molecule has 2 aliphatic rings. The average Bonchev–Trinajstić information content (AvgIpc) is 3.03. The first-order chi connectivity index (χ1) is 12.3. The molecular weight excluding hydrogens is 304 g/mol. The minimum absolute atomic E-state index is 0.563. The molecule has 1 N–H and O–H groups in total. The van der Waals surface area contributed by atoms with Crippen molar-refractivity contribution in [2.24, 2.45) is 11.8 Å². The number of likely N-dealkylation sites (tertiary alicyclic amines) is 1. The highest BCUT2D eigenvalue weighted by Crippen LogP contribution is 2.48. The molecule has 0 amide bonds. The van der Waals surface area contributed by atoms with E-state index in [9.17, 15) is 0 Å². The van der Waals surface area contributed by atoms with E-state index in [4.69, 9.17) is 0 Å². The van der Waals surface area contributed by atoms with E-state index in [-0.39, 0.29) is 0 Å². The predicted octanol–water partition coefficient (Wildman–Crippen LogP) is 5.31. The summed E-state index contributed by atoms with van der Waals surface area (Å²) in [4.78, 5) is 6.50. The van der Waals surface area contributed by atoms with Crippen molar-refractivity contribution >= 4 is 10.9 Å². The van der Waals surface area contributed by atoms with Gasteiger partial charge in [0.1, 0.15) is 0 Å². The van der Waals surface area contributed by atoms with Crippen LogP contribution >= 0.6 is 0 Å². The molecule has 1 aromatic heterocycles. The Morgan fingerprint density at radius 1 is 1.04 bits per heavy atom. The minimum Gasteiger partial charge on any atom is -0.358 e. The van der Waals surface area contributed by atoms with E-state index < -0.39 is 0 Å². The SMILES string of the molecule is CC[C@@H]1CN(Cc2ccccc2)[C@@H]2C[C@H]1Cc1[nH]c3ccccc3c12. The van der Waals surface area contributed by atoms with Crippen LogP contribution in [0.2, 0.25) is 0 Å². The quantitative estimate of drug-likeness (QED) is 0.689. The van der Waals surface area contributed by atoms with Crippen LogP contribution < -0.4 is 0 Å². The lowest BCUT2D eigenvalue weighted by Crippen LogP contribution is -2.45. The number of hydrogen-bond acceptors (Lipinski definition) is 1. The lowest BCUT2D eigenvalue weighted by atomic mass is 9.71. The number of fused-ring (bicyclic) bond motifs is 6. The van der Waals surface area contributed by atoms with Crippen molar-refractivity contribution < 1.29 is 0 Å². The summed E-state index contributed by atoms with van der Waals surface area (Å²) >= 11 is 0. The molecule has 128 valence electrons. The Morgan fingerprint density at radius 3 is 2.68 bits per heavy atom. The Bertz CT molecular complexity index is 880. The topological polar surface area (TPSA) is 19.0 Å². The highest BCUT2D eigenvalue weighted by Gasteiger charge is 2.41. The van der Waals surface area contributed by atoms with Gasteiger partial charge in [-0.1, -0.05) is 61.9 Å². The van der Waals surface area contributed by atoms with E-state index in [1.54, 1.807) is 5.56 Å². The number of para-hydroxylation sites is 1. The third-order valence-electron chi connectivity index (χ3n) is 6.48. The number of nitrogens with one attached hydrogen (secondary N) is 1. The monoisotopic (exact) mass is 330 g/mol. The fraction of sp³-hybridized carbons (Fsp3) is 0.391. The van der Waals surface area contributed by atoms with Crippen molar-refractivity contribution in [3.8, 4) is 0 Å². The zero-order valence-electron chi connectivity index (χ0n) is 14.9. The molecule has 2 nitrogen and oxygen atoms in total. The van der Waals surface area contributed by atoms with Crippen molar-refractivity contribution in [3.05, 3.63) is 71.4 Å². The molecule has 1 fully saturated rings. The van der Waals surface area contributed by atoms with E-state index in [1.165, 1.54) is 48.0 Å². The maximum absolute atomic E-state index is 3.75.